The number of thioether (sulfide) groups is 2. The quantitative estimate of drug-likeness (QED) is 0.268. The van der Waals surface area contributed by atoms with Crippen molar-refractivity contribution in [2.24, 2.45) is 0 Å². The number of benzene rings is 2. The number of anilines is 1. The zero-order valence-electron chi connectivity index (χ0n) is 20.6. The highest BCUT2D eigenvalue weighted by Gasteiger charge is 2.14. The van der Waals surface area contributed by atoms with Crippen LogP contribution in [-0.2, 0) is 22.7 Å². The number of carbonyl (C=O) groups excluding carboxylic acids is 2. The Balaban J connectivity index is 1.53. The molecular formula is C25H29N5O4S2. The number of hydrogen-bond donors (Lipinski definition) is 2. The van der Waals surface area contributed by atoms with Crippen molar-refractivity contribution in [3.63, 3.8) is 0 Å². The molecule has 0 bridgehead atoms. The predicted molar refractivity (Wildman–Crippen MR) is 144 cm³/mol. The molecule has 0 saturated heterocycles. The van der Waals surface area contributed by atoms with E-state index < -0.39 is 0 Å². The van der Waals surface area contributed by atoms with Gasteiger partial charge in [-0.3, -0.25) is 9.59 Å². The van der Waals surface area contributed by atoms with Crippen LogP contribution < -0.4 is 20.1 Å². The van der Waals surface area contributed by atoms with Crippen molar-refractivity contribution >= 4 is 47.1 Å². The van der Waals surface area contributed by atoms with E-state index in [9.17, 15) is 9.59 Å². The number of ether oxygens (including phenoxy) is 2. The number of methoxy groups -OCH3 is 2. The Morgan fingerprint density at radius 2 is 1.89 bits per heavy atom. The van der Waals surface area contributed by atoms with Gasteiger partial charge in [0, 0.05) is 23.2 Å². The van der Waals surface area contributed by atoms with Crippen molar-refractivity contribution in [3.8, 4) is 11.5 Å². The minimum Gasteiger partial charge on any atom is -0.493 e. The van der Waals surface area contributed by atoms with E-state index in [4.69, 9.17) is 9.47 Å². The van der Waals surface area contributed by atoms with Gasteiger partial charge in [0.25, 0.3) is 0 Å². The molecule has 11 heteroatoms. The standard InChI is InChI=1S/C25H29N5O4S2/c1-5-30-22(15-26-23(31)12-10-17-9-11-20(33-2)21(13-17)34-3)28-29-25(30)36-16-24(32)27-18-7-6-8-19(14-18)35-4/h6-14H,5,15-16H2,1-4H3,(H,26,31)(H,27,32). The summed E-state index contributed by atoms with van der Waals surface area (Å²) in [4.78, 5) is 25.8. The molecule has 2 amide bonds. The maximum atomic E-state index is 12.4. The molecule has 9 nitrogen and oxygen atoms in total. The van der Waals surface area contributed by atoms with Crippen molar-refractivity contribution in [2.45, 2.75) is 30.1 Å². The highest BCUT2D eigenvalue weighted by molar-refractivity contribution is 7.99. The monoisotopic (exact) mass is 527 g/mol. The summed E-state index contributed by atoms with van der Waals surface area (Å²) < 4.78 is 12.4. The number of amides is 2. The van der Waals surface area contributed by atoms with Crippen LogP contribution >= 0.6 is 23.5 Å². The molecule has 0 saturated carbocycles. The Morgan fingerprint density at radius 3 is 2.61 bits per heavy atom. The van der Waals surface area contributed by atoms with Gasteiger partial charge < -0.3 is 24.7 Å². The van der Waals surface area contributed by atoms with E-state index in [1.165, 1.54) is 17.8 Å². The van der Waals surface area contributed by atoms with Gasteiger partial charge in [-0.15, -0.1) is 22.0 Å². The molecule has 36 heavy (non-hydrogen) atoms. The Bertz CT molecular complexity index is 1230. The lowest BCUT2D eigenvalue weighted by molar-refractivity contribution is -0.116. The Kier molecular flexibility index (Phi) is 10.3. The number of hydrogen-bond acceptors (Lipinski definition) is 8. The van der Waals surface area contributed by atoms with Crippen molar-refractivity contribution in [2.75, 3.05) is 31.5 Å². The lowest BCUT2D eigenvalue weighted by atomic mass is 10.2. The topological polar surface area (TPSA) is 107 Å². The second-order valence-corrected chi connectivity index (χ2v) is 9.20. The summed E-state index contributed by atoms with van der Waals surface area (Å²) in [7, 11) is 3.13. The fraction of sp³-hybridized carbons (Fsp3) is 0.280. The average Bonchev–Trinajstić information content (AvgIpc) is 3.31. The molecule has 1 heterocycles. The summed E-state index contributed by atoms with van der Waals surface area (Å²) in [6.45, 7) is 2.78. The first-order valence-electron chi connectivity index (χ1n) is 11.1. The van der Waals surface area contributed by atoms with E-state index >= 15 is 0 Å². The largest absolute Gasteiger partial charge is 0.493 e. The summed E-state index contributed by atoms with van der Waals surface area (Å²) in [6.07, 6.45) is 5.12. The lowest BCUT2D eigenvalue weighted by Gasteiger charge is -2.09. The van der Waals surface area contributed by atoms with Gasteiger partial charge in [-0.05, 0) is 55.2 Å². The van der Waals surface area contributed by atoms with Gasteiger partial charge in [0.2, 0.25) is 11.8 Å². The van der Waals surface area contributed by atoms with Gasteiger partial charge in [0.1, 0.15) is 0 Å². The first-order valence-corrected chi connectivity index (χ1v) is 13.3. The highest BCUT2D eigenvalue weighted by atomic mass is 32.2. The van der Waals surface area contributed by atoms with Crippen molar-refractivity contribution in [1.82, 2.24) is 20.1 Å². The van der Waals surface area contributed by atoms with Gasteiger partial charge in [-0.1, -0.05) is 23.9 Å². The number of aromatic nitrogens is 3. The molecule has 0 spiro atoms. The molecule has 3 rings (SSSR count). The maximum Gasteiger partial charge on any atom is 0.244 e. The van der Waals surface area contributed by atoms with Crippen LogP contribution in [0.5, 0.6) is 11.5 Å². The second-order valence-electron chi connectivity index (χ2n) is 7.38. The normalized spacial score (nSPS) is 10.9. The van der Waals surface area contributed by atoms with E-state index in [-0.39, 0.29) is 24.1 Å². The van der Waals surface area contributed by atoms with Crippen LogP contribution in [-0.4, -0.2) is 52.8 Å². The summed E-state index contributed by atoms with van der Waals surface area (Å²) in [5, 5.41) is 14.7. The molecule has 3 aromatic rings. The molecule has 190 valence electrons. The second kappa shape index (κ2) is 13.6. The fourth-order valence-corrected chi connectivity index (χ4v) is 4.54. The number of nitrogens with one attached hydrogen (secondary N) is 2. The van der Waals surface area contributed by atoms with Crippen LogP contribution in [0, 0.1) is 0 Å². The molecule has 2 N–H and O–H groups in total. The third kappa shape index (κ3) is 7.53. The first kappa shape index (κ1) is 27.2. The minimum absolute atomic E-state index is 0.126. The molecule has 2 aromatic carbocycles. The molecule has 0 atom stereocenters. The van der Waals surface area contributed by atoms with E-state index in [0.29, 0.717) is 29.0 Å². The van der Waals surface area contributed by atoms with Crippen LogP contribution in [0.1, 0.15) is 18.3 Å². The van der Waals surface area contributed by atoms with Crippen LogP contribution in [0.4, 0.5) is 5.69 Å². The highest BCUT2D eigenvalue weighted by Crippen LogP contribution is 2.28. The number of carbonyl (C=O) groups is 2. The van der Waals surface area contributed by atoms with Crippen LogP contribution in [0.2, 0.25) is 0 Å². The third-order valence-corrected chi connectivity index (χ3v) is 6.74. The SMILES string of the molecule is CCn1c(CNC(=O)C=Cc2ccc(OC)c(OC)c2)nnc1SCC(=O)Nc1cccc(SC)c1. The zero-order chi connectivity index (χ0) is 25.9. The fourth-order valence-electron chi connectivity index (χ4n) is 3.26. The van der Waals surface area contributed by atoms with Crippen molar-refractivity contribution < 1.29 is 19.1 Å². The van der Waals surface area contributed by atoms with E-state index in [2.05, 4.69) is 20.8 Å². The first-order chi connectivity index (χ1) is 17.5. The Morgan fingerprint density at radius 1 is 1.08 bits per heavy atom. The summed E-state index contributed by atoms with van der Waals surface area (Å²) in [5.41, 5.74) is 1.56. The molecule has 0 radical (unpaired) electrons. The summed E-state index contributed by atoms with van der Waals surface area (Å²) >= 11 is 2.92. The Hall–Kier alpha value is -3.44. The van der Waals surface area contributed by atoms with Crippen LogP contribution in [0.15, 0.2) is 58.6 Å². The lowest BCUT2D eigenvalue weighted by Crippen LogP contribution is -2.22. The molecular weight excluding hydrogens is 498 g/mol. The van der Waals surface area contributed by atoms with Gasteiger partial charge in [-0.2, -0.15) is 0 Å². The molecule has 0 aliphatic rings. The van der Waals surface area contributed by atoms with Gasteiger partial charge in [0.15, 0.2) is 22.5 Å². The summed E-state index contributed by atoms with van der Waals surface area (Å²) in [6, 6.07) is 13.1. The predicted octanol–water partition coefficient (Wildman–Crippen LogP) is 4.10. The Labute approximate surface area is 219 Å². The average molecular weight is 528 g/mol. The summed E-state index contributed by atoms with van der Waals surface area (Å²) in [5.74, 6) is 1.62. The van der Waals surface area contributed by atoms with Crippen LogP contribution in [0.25, 0.3) is 6.08 Å². The third-order valence-electron chi connectivity index (χ3n) is 5.05. The molecule has 0 aliphatic carbocycles. The molecule has 1 aromatic heterocycles. The molecule has 0 unspecified atom stereocenters. The zero-order valence-corrected chi connectivity index (χ0v) is 22.2. The van der Waals surface area contributed by atoms with Crippen molar-refractivity contribution in [3.05, 3.63) is 59.9 Å². The van der Waals surface area contributed by atoms with Gasteiger partial charge in [0.05, 0.1) is 26.5 Å². The smallest absolute Gasteiger partial charge is 0.244 e. The molecule has 0 fully saturated rings. The van der Waals surface area contributed by atoms with Crippen molar-refractivity contribution in [1.29, 1.82) is 0 Å². The number of rotatable bonds is 12. The number of nitrogens with zero attached hydrogens (tertiary/aromatic N) is 3. The van der Waals surface area contributed by atoms with E-state index in [0.717, 1.165) is 16.1 Å². The van der Waals surface area contributed by atoms with Crippen LogP contribution in [0.3, 0.4) is 0 Å². The van der Waals surface area contributed by atoms with Gasteiger partial charge in [-0.25, -0.2) is 0 Å². The molecule has 0 aliphatic heterocycles. The minimum atomic E-state index is -0.267. The van der Waals surface area contributed by atoms with Gasteiger partial charge >= 0.3 is 0 Å². The van der Waals surface area contributed by atoms with E-state index in [1.54, 1.807) is 44.2 Å². The maximum absolute atomic E-state index is 12.4. The van der Waals surface area contributed by atoms with E-state index in [1.807, 2.05) is 48.1 Å².